The lowest BCUT2D eigenvalue weighted by Crippen LogP contribution is -2.00. The fourth-order valence-corrected chi connectivity index (χ4v) is 1.44. The third kappa shape index (κ3) is 2.24. The fraction of sp³-hybridized carbons (Fsp3) is 0.182. The zero-order chi connectivity index (χ0) is 11.4. The summed E-state index contributed by atoms with van der Waals surface area (Å²) in [6, 6.07) is 9.52. The van der Waals surface area contributed by atoms with Crippen LogP contribution in [0, 0.1) is 11.3 Å². The molecule has 0 saturated carbocycles. The Labute approximate surface area is 93.1 Å². The maximum absolute atomic E-state index is 8.77. The predicted molar refractivity (Wildman–Crippen MR) is 58.2 cm³/mol. The van der Waals surface area contributed by atoms with Gasteiger partial charge in [0.15, 0.2) is 0 Å². The summed E-state index contributed by atoms with van der Waals surface area (Å²) in [5.74, 6) is 0. The molecule has 0 bridgehead atoms. The predicted octanol–water partition coefficient (Wildman–Crippen LogP) is 0.657. The topological polar surface area (TPSA) is 80.5 Å². The van der Waals surface area contributed by atoms with Crippen molar-refractivity contribution < 1.29 is 0 Å². The van der Waals surface area contributed by atoms with E-state index in [1.165, 1.54) is 0 Å². The van der Waals surface area contributed by atoms with Crippen molar-refractivity contribution in [1.29, 1.82) is 5.26 Å². The van der Waals surface area contributed by atoms with Crippen LogP contribution in [0.3, 0.4) is 0 Å². The van der Waals surface area contributed by atoms with Gasteiger partial charge in [0, 0.05) is 6.54 Å². The second-order valence-corrected chi connectivity index (χ2v) is 3.42. The monoisotopic (exact) mass is 213 g/mol. The van der Waals surface area contributed by atoms with Gasteiger partial charge in [-0.25, -0.2) is 4.68 Å². The normalized spacial score (nSPS) is 10.0. The second-order valence-electron chi connectivity index (χ2n) is 3.42. The molecule has 80 valence electrons. The summed E-state index contributed by atoms with van der Waals surface area (Å²) >= 11 is 0. The van der Waals surface area contributed by atoms with Crippen LogP contribution in [0.1, 0.15) is 16.8 Å². The zero-order valence-corrected chi connectivity index (χ0v) is 8.67. The highest BCUT2D eigenvalue weighted by atomic mass is 15.4. The van der Waals surface area contributed by atoms with E-state index in [2.05, 4.69) is 16.4 Å². The first-order valence-electron chi connectivity index (χ1n) is 4.90. The lowest BCUT2D eigenvalue weighted by molar-refractivity contribution is 0.649. The molecule has 5 heteroatoms. The minimum atomic E-state index is 0.387. The molecule has 16 heavy (non-hydrogen) atoms. The lowest BCUT2D eigenvalue weighted by atomic mass is 10.1. The van der Waals surface area contributed by atoms with Crippen LogP contribution in [-0.4, -0.2) is 15.0 Å². The maximum atomic E-state index is 8.77. The number of rotatable bonds is 3. The molecule has 0 aliphatic rings. The summed E-state index contributed by atoms with van der Waals surface area (Å²) in [7, 11) is 0. The minimum absolute atomic E-state index is 0.387. The largest absolute Gasteiger partial charge is 0.325 e. The van der Waals surface area contributed by atoms with E-state index in [1.807, 2.05) is 18.2 Å². The van der Waals surface area contributed by atoms with Gasteiger partial charge in [-0.3, -0.25) is 0 Å². The number of nitrogens with two attached hydrogens (primary N) is 1. The van der Waals surface area contributed by atoms with Crippen molar-refractivity contribution in [3.8, 4) is 6.07 Å². The first-order valence-corrected chi connectivity index (χ1v) is 4.90. The molecule has 0 spiro atoms. The van der Waals surface area contributed by atoms with E-state index in [0.717, 1.165) is 11.3 Å². The van der Waals surface area contributed by atoms with Crippen LogP contribution in [0.2, 0.25) is 0 Å². The number of hydrogen-bond acceptors (Lipinski definition) is 4. The molecule has 2 rings (SSSR count). The van der Waals surface area contributed by atoms with Crippen molar-refractivity contribution in [2.45, 2.75) is 13.1 Å². The van der Waals surface area contributed by atoms with Crippen molar-refractivity contribution in [3.63, 3.8) is 0 Å². The van der Waals surface area contributed by atoms with Gasteiger partial charge in [0.2, 0.25) is 0 Å². The van der Waals surface area contributed by atoms with Gasteiger partial charge in [0.25, 0.3) is 0 Å². The summed E-state index contributed by atoms with van der Waals surface area (Å²) in [5.41, 5.74) is 7.87. The molecule has 1 aromatic carbocycles. The van der Waals surface area contributed by atoms with Crippen molar-refractivity contribution in [3.05, 3.63) is 47.3 Å². The maximum Gasteiger partial charge on any atom is 0.0991 e. The average molecular weight is 213 g/mol. The summed E-state index contributed by atoms with van der Waals surface area (Å²) in [6.45, 7) is 0.987. The van der Waals surface area contributed by atoms with Crippen molar-refractivity contribution in [2.75, 3.05) is 0 Å². The standard InChI is InChI=1S/C11H11N5/c12-5-9-2-1-3-10(4-9)7-16-8-11(6-13)14-15-16/h1-4,8H,6-7,13H2. The van der Waals surface area contributed by atoms with E-state index in [0.29, 0.717) is 18.7 Å². The van der Waals surface area contributed by atoms with Crippen molar-refractivity contribution >= 4 is 0 Å². The van der Waals surface area contributed by atoms with Gasteiger partial charge in [-0.2, -0.15) is 5.26 Å². The van der Waals surface area contributed by atoms with Crippen LogP contribution in [0.25, 0.3) is 0 Å². The fourth-order valence-electron chi connectivity index (χ4n) is 1.44. The molecule has 5 nitrogen and oxygen atoms in total. The Kier molecular flexibility index (Phi) is 2.94. The summed E-state index contributed by atoms with van der Waals surface area (Å²) in [5, 5.41) is 16.6. The van der Waals surface area contributed by atoms with E-state index < -0.39 is 0 Å². The molecular weight excluding hydrogens is 202 g/mol. The van der Waals surface area contributed by atoms with Gasteiger partial charge in [-0.05, 0) is 17.7 Å². The van der Waals surface area contributed by atoms with Crippen LogP contribution < -0.4 is 5.73 Å². The molecular formula is C11H11N5. The summed E-state index contributed by atoms with van der Waals surface area (Å²) in [6.07, 6.45) is 1.80. The third-order valence-electron chi connectivity index (χ3n) is 2.20. The van der Waals surface area contributed by atoms with Crippen LogP contribution in [0.15, 0.2) is 30.5 Å². The number of benzene rings is 1. The highest BCUT2D eigenvalue weighted by molar-refractivity contribution is 5.32. The molecule has 0 unspecified atom stereocenters. The van der Waals surface area contributed by atoms with E-state index >= 15 is 0 Å². The Bertz CT molecular complexity index is 523. The van der Waals surface area contributed by atoms with Crippen LogP contribution in [0.5, 0.6) is 0 Å². The van der Waals surface area contributed by atoms with Gasteiger partial charge in [-0.15, -0.1) is 5.10 Å². The van der Waals surface area contributed by atoms with Gasteiger partial charge in [0.1, 0.15) is 0 Å². The van der Waals surface area contributed by atoms with Gasteiger partial charge in [0.05, 0.1) is 30.1 Å². The van der Waals surface area contributed by atoms with Crippen molar-refractivity contribution in [2.24, 2.45) is 5.73 Å². The molecule has 0 amide bonds. The number of nitrogens with zero attached hydrogens (tertiary/aromatic N) is 4. The Balaban J connectivity index is 2.17. The van der Waals surface area contributed by atoms with Gasteiger partial charge < -0.3 is 5.73 Å². The molecule has 0 fully saturated rings. The minimum Gasteiger partial charge on any atom is -0.325 e. The highest BCUT2D eigenvalue weighted by Crippen LogP contribution is 2.06. The van der Waals surface area contributed by atoms with Crippen LogP contribution in [-0.2, 0) is 13.1 Å². The molecule has 2 N–H and O–H groups in total. The number of nitriles is 1. The molecule has 1 heterocycles. The number of aromatic nitrogens is 3. The van der Waals surface area contributed by atoms with Crippen LogP contribution in [0.4, 0.5) is 0 Å². The quantitative estimate of drug-likeness (QED) is 0.812. The molecule has 2 aromatic rings. The Hall–Kier alpha value is -2.19. The van der Waals surface area contributed by atoms with E-state index in [-0.39, 0.29) is 0 Å². The van der Waals surface area contributed by atoms with Crippen molar-refractivity contribution in [1.82, 2.24) is 15.0 Å². The lowest BCUT2D eigenvalue weighted by Gasteiger charge is -2.00. The number of hydrogen-bond donors (Lipinski definition) is 1. The average Bonchev–Trinajstić information content (AvgIpc) is 2.77. The smallest absolute Gasteiger partial charge is 0.0991 e. The van der Waals surface area contributed by atoms with E-state index in [9.17, 15) is 0 Å². The molecule has 0 saturated heterocycles. The zero-order valence-electron chi connectivity index (χ0n) is 8.67. The first kappa shape index (κ1) is 10.3. The van der Waals surface area contributed by atoms with Gasteiger partial charge in [-0.1, -0.05) is 17.3 Å². The van der Waals surface area contributed by atoms with Gasteiger partial charge >= 0.3 is 0 Å². The first-order chi connectivity index (χ1) is 7.81. The molecule has 0 radical (unpaired) electrons. The third-order valence-corrected chi connectivity index (χ3v) is 2.20. The molecule has 1 aromatic heterocycles. The Morgan fingerprint density at radius 3 is 3.00 bits per heavy atom. The summed E-state index contributed by atoms with van der Waals surface area (Å²) in [4.78, 5) is 0. The van der Waals surface area contributed by atoms with E-state index in [4.69, 9.17) is 11.0 Å². The van der Waals surface area contributed by atoms with E-state index in [1.54, 1.807) is 16.9 Å². The highest BCUT2D eigenvalue weighted by Gasteiger charge is 2.00. The SMILES string of the molecule is N#Cc1cccc(Cn2cc(CN)nn2)c1. The Morgan fingerprint density at radius 1 is 1.44 bits per heavy atom. The van der Waals surface area contributed by atoms with Crippen LogP contribution >= 0.6 is 0 Å². The molecule has 0 aliphatic carbocycles. The molecule has 0 atom stereocenters. The second kappa shape index (κ2) is 4.55. The Morgan fingerprint density at radius 2 is 2.31 bits per heavy atom. The molecule has 0 aliphatic heterocycles. The summed E-state index contributed by atoms with van der Waals surface area (Å²) < 4.78 is 1.71.